The zero-order valence-electron chi connectivity index (χ0n) is 14.4. The highest BCUT2D eigenvalue weighted by Gasteiger charge is 2.09. The topological polar surface area (TPSA) is 50.7 Å². The van der Waals surface area contributed by atoms with Gasteiger partial charge in [0.2, 0.25) is 0 Å². The molecule has 0 aliphatic heterocycles. The van der Waals surface area contributed by atoms with Crippen LogP contribution in [0.25, 0.3) is 0 Å². The zero-order valence-corrected chi connectivity index (χ0v) is 15.9. The average molecular weight is 384 g/mol. The summed E-state index contributed by atoms with van der Waals surface area (Å²) in [6.07, 6.45) is 0.872. The first-order valence-electron chi connectivity index (χ1n) is 8.15. The summed E-state index contributed by atoms with van der Waals surface area (Å²) in [7, 11) is 1.61. The van der Waals surface area contributed by atoms with Crippen LogP contribution in [-0.4, -0.2) is 24.9 Å². The molecule has 0 radical (unpaired) electrons. The molecular weight excluding hydrogens is 361 g/mol. The number of ether oxygens (including phenoxy) is 2. The second-order valence-electron chi connectivity index (χ2n) is 5.68. The van der Waals surface area contributed by atoms with Crippen molar-refractivity contribution in [1.82, 2.24) is 5.32 Å². The van der Waals surface area contributed by atoms with Crippen molar-refractivity contribution in [3.63, 3.8) is 0 Å². The molecule has 6 heteroatoms. The van der Waals surface area contributed by atoms with Gasteiger partial charge in [0, 0.05) is 28.2 Å². The van der Waals surface area contributed by atoms with Crippen LogP contribution in [0, 0.1) is 0 Å². The Kier molecular flexibility index (Phi) is 7.85. The molecule has 0 saturated heterocycles. The van der Waals surface area contributed by atoms with Crippen LogP contribution in [0.1, 0.15) is 24.5 Å². The number of nitrogens with one attached hydrogen (secondary N) is 1. The number of benzene rings is 2. The molecule has 0 aliphatic rings. The van der Waals surface area contributed by atoms with Gasteiger partial charge in [0.25, 0.3) is 0 Å². The number of aliphatic hydroxyl groups excluding tert-OH is 1. The highest BCUT2D eigenvalue weighted by Crippen LogP contribution is 2.30. The Labute approximate surface area is 158 Å². The van der Waals surface area contributed by atoms with Crippen molar-refractivity contribution in [3.8, 4) is 11.5 Å². The third-order valence-electron chi connectivity index (χ3n) is 3.93. The van der Waals surface area contributed by atoms with Crippen molar-refractivity contribution in [2.45, 2.75) is 32.5 Å². The van der Waals surface area contributed by atoms with Crippen LogP contribution in [0.4, 0.5) is 0 Å². The Bertz CT molecular complexity index is 690. The molecule has 0 heterocycles. The predicted molar refractivity (Wildman–Crippen MR) is 102 cm³/mol. The van der Waals surface area contributed by atoms with Crippen molar-refractivity contribution in [3.05, 3.63) is 57.6 Å². The van der Waals surface area contributed by atoms with Crippen molar-refractivity contribution in [2.75, 3.05) is 13.7 Å². The van der Waals surface area contributed by atoms with E-state index in [0.29, 0.717) is 34.7 Å². The van der Waals surface area contributed by atoms with Crippen molar-refractivity contribution in [1.29, 1.82) is 0 Å². The van der Waals surface area contributed by atoms with E-state index in [1.807, 2.05) is 31.2 Å². The highest BCUT2D eigenvalue weighted by molar-refractivity contribution is 6.35. The van der Waals surface area contributed by atoms with E-state index in [9.17, 15) is 5.11 Å². The van der Waals surface area contributed by atoms with Crippen LogP contribution >= 0.6 is 23.2 Å². The van der Waals surface area contributed by atoms with Gasteiger partial charge < -0.3 is 19.9 Å². The molecule has 4 nitrogen and oxygen atoms in total. The standard InChI is InChI=1S/C19H23Cl2NO3/c1-3-16(11-23)22-10-13-4-7-18(19(8-13)24-2)25-12-14-5-6-15(20)9-17(14)21/h4-9,16,22-23H,3,10-12H2,1-2H3/t16-/m0/s1. The summed E-state index contributed by atoms with van der Waals surface area (Å²) in [5.41, 5.74) is 1.91. The van der Waals surface area contributed by atoms with E-state index in [4.69, 9.17) is 32.7 Å². The first kappa shape index (κ1) is 19.9. The smallest absolute Gasteiger partial charge is 0.161 e. The number of halogens is 2. The number of rotatable bonds is 9. The summed E-state index contributed by atoms with van der Waals surface area (Å²) in [6, 6.07) is 11.2. The fraction of sp³-hybridized carbons (Fsp3) is 0.368. The van der Waals surface area contributed by atoms with Crippen molar-refractivity contribution < 1.29 is 14.6 Å². The summed E-state index contributed by atoms with van der Waals surface area (Å²) in [6.45, 7) is 3.13. The molecule has 0 saturated carbocycles. The average Bonchev–Trinajstić information content (AvgIpc) is 2.62. The molecule has 0 unspecified atom stereocenters. The third kappa shape index (κ3) is 5.79. The molecule has 2 aromatic rings. The molecular formula is C19H23Cl2NO3. The number of hydrogen-bond donors (Lipinski definition) is 2. The molecule has 0 spiro atoms. The molecule has 0 amide bonds. The normalized spacial score (nSPS) is 12.0. The van der Waals surface area contributed by atoms with Crippen LogP contribution in [0.2, 0.25) is 10.0 Å². The molecule has 25 heavy (non-hydrogen) atoms. The molecule has 136 valence electrons. The van der Waals surface area contributed by atoms with Gasteiger partial charge in [-0.05, 0) is 36.2 Å². The lowest BCUT2D eigenvalue weighted by molar-refractivity contribution is 0.238. The lowest BCUT2D eigenvalue weighted by Gasteiger charge is -2.16. The Hall–Kier alpha value is -1.46. The first-order valence-corrected chi connectivity index (χ1v) is 8.90. The van der Waals surface area contributed by atoms with Gasteiger partial charge in [0.05, 0.1) is 13.7 Å². The van der Waals surface area contributed by atoms with E-state index in [2.05, 4.69) is 5.32 Å². The molecule has 0 fully saturated rings. The molecule has 2 rings (SSSR count). The van der Waals surface area contributed by atoms with Crippen molar-refractivity contribution in [2.24, 2.45) is 0 Å². The van der Waals surface area contributed by atoms with Gasteiger partial charge in [-0.2, -0.15) is 0 Å². The van der Waals surface area contributed by atoms with Gasteiger partial charge in [0.15, 0.2) is 11.5 Å². The fourth-order valence-corrected chi connectivity index (χ4v) is 2.80. The lowest BCUT2D eigenvalue weighted by atomic mass is 10.1. The van der Waals surface area contributed by atoms with Gasteiger partial charge in [-0.15, -0.1) is 0 Å². The Morgan fingerprint density at radius 3 is 2.56 bits per heavy atom. The lowest BCUT2D eigenvalue weighted by Crippen LogP contribution is -2.31. The monoisotopic (exact) mass is 383 g/mol. The Morgan fingerprint density at radius 1 is 1.12 bits per heavy atom. The molecule has 0 aromatic heterocycles. The largest absolute Gasteiger partial charge is 0.493 e. The van der Waals surface area contributed by atoms with Gasteiger partial charge >= 0.3 is 0 Å². The summed E-state index contributed by atoms with van der Waals surface area (Å²) < 4.78 is 11.3. The van der Waals surface area contributed by atoms with Gasteiger partial charge in [-0.1, -0.05) is 42.3 Å². The van der Waals surface area contributed by atoms with Gasteiger partial charge in [-0.3, -0.25) is 0 Å². The van der Waals surface area contributed by atoms with E-state index >= 15 is 0 Å². The van der Waals surface area contributed by atoms with Crippen LogP contribution in [0.15, 0.2) is 36.4 Å². The Balaban J connectivity index is 2.03. The number of methoxy groups -OCH3 is 1. The molecule has 2 aromatic carbocycles. The minimum absolute atomic E-state index is 0.0916. The van der Waals surface area contributed by atoms with Crippen LogP contribution in [0.5, 0.6) is 11.5 Å². The molecule has 0 aliphatic carbocycles. The minimum atomic E-state index is 0.0916. The minimum Gasteiger partial charge on any atom is -0.493 e. The maximum Gasteiger partial charge on any atom is 0.161 e. The van der Waals surface area contributed by atoms with E-state index < -0.39 is 0 Å². The second-order valence-corrected chi connectivity index (χ2v) is 6.52. The van der Waals surface area contributed by atoms with E-state index in [0.717, 1.165) is 17.5 Å². The number of hydrogen-bond acceptors (Lipinski definition) is 4. The summed E-state index contributed by atoms with van der Waals surface area (Å²) in [4.78, 5) is 0. The van der Waals surface area contributed by atoms with Gasteiger partial charge in [-0.25, -0.2) is 0 Å². The fourth-order valence-electron chi connectivity index (χ4n) is 2.34. The van der Waals surface area contributed by atoms with Crippen LogP contribution in [0.3, 0.4) is 0 Å². The van der Waals surface area contributed by atoms with Crippen LogP contribution < -0.4 is 14.8 Å². The van der Waals surface area contributed by atoms with Crippen molar-refractivity contribution >= 4 is 23.2 Å². The van der Waals surface area contributed by atoms with Gasteiger partial charge in [0.1, 0.15) is 6.61 Å². The summed E-state index contributed by atoms with van der Waals surface area (Å²) >= 11 is 12.1. The maximum absolute atomic E-state index is 9.24. The first-order chi connectivity index (χ1) is 12.1. The maximum atomic E-state index is 9.24. The van der Waals surface area contributed by atoms with E-state index in [1.165, 1.54) is 0 Å². The Morgan fingerprint density at radius 2 is 1.92 bits per heavy atom. The van der Waals surface area contributed by atoms with Crippen LogP contribution in [-0.2, 0) is 13.2 Å². The molecule has 2 N–H and O–H groups in total. The highest BCUT2D eigenvalue weighted by atomic mass is 35.5. The van der Waals surface area contributed by atoms with E-state index in [1.54, 1.807) is 19.2 Å². The molecule has 1 atom stereocenters. The summed E-state index contributed by atoms with van der Waals surface area (Å²) in [5.74, 6) is 1.30. The zero-order chi connectivity index (χ0) is 18.2. The second kappa shape index (κ2) is 9.88. The quantitative estimate of drug-likeness (QED) is 0.671. The SMILES string of the molecule is CC[C@@H](CO)NCc1ccc(OCc2ccc(Cl)cc2Cl)c(OC)c1. The predicted octanol–water partition coefficient (Wildman–Crippen LogP) is 4.44. The number of aliphatic hydroxyl groups is 1. The third-order valence-corrected chi connectivity index (χ3v) is 4.52. The molecule has 0 bridgehead atoms. The summed E-state index contributed by atoms with van der Waals surface area (Å²) in [5, 5.41) is 13.7. The van der Waals surface area contributed by atoms with E-state index in [-0.39, 0.29) is 12.6 Å².